The molecule has 0 bridgehead atoms. The van der Waals surface area contributed by atoms with Crippen LogP contribution in [0.5, 0.6) is 0 Å². The number of nitrogens with zero attached hydrogens (tertiary/aromatic N) is 2. The lowest BCUT2D eigenvalue weighted by molar-refractivity contribution is -0.128. The molecular weight excluding hydrogens is 308 g/mol. The zero-order valence-corrected chi connectivity index (χ0v) is 13.0. The minimum atomic E-state index is -1.37. The number of hydrogen-bond donors (Lipinski definition) is 3. The van der Waals surface area contributed by atoms with Crippen LogP contribution in [0.25, 0.3) is 0 Å². The van der Waals surface area contributed by atoms with Gasteiger partial charge in [-0.15, -0.1) is 0 Å². The number of benzene rings is 1. The van der Waals surface area contributed by atoms with E-state index in [0.29, 0.717) is 17.8 Å². The molecule has 3 N–H and O–H groups in total. The van der Waals surface area contributed by atoms with E-state index >= 15 is 0 Å². The van der Waals surface area contributed by atoms with E-state index in [0.717, 1.165) is 0 Å². The van der Waals surface area contributed by atoms with E-state index in [1.807, 2.05) is 6.07 Å². The Morgan fingerprint density at radius 2 is 2.00 bits per heavy atom. The molecule has 0 aliphatic carbocycles. The van der Waals surface area contributed by atoms with Gasteiger partial charge in [-0.2, -0.15) is 0 Å². The van der Waals surface area contributed by atoms with E-state index < -0.39 is 17.5 Å². The first-order valence-electron chi connectivity index (χ1n) is 7.63. The summed E-state index contributed by atoms with van der Waals surface area (Å²) < 4.78 is 0. The number of amides is 2. The third-order valence-electron chi connectivity index (χ3n) is 4.13. The third-order valence-corrected chi connectivity index (χ3v) is 4.13. The van der Waals surface area contributed by atoms with Crippen molar-refractivity contribution in [3.8, 4) is 0 Å². The van der Waals surface area contributed by atoms with E-state index in [-0.39, 0.29) is 13.1 Å². The second-order valence-corrected chi connectivity index (χ2v) is 5.53. The maximum atomic E-state index is 13.1. The number of anilines is 1. The Morgan fingerprint density at radius 3 is 2.67 bits per heavy atom. The van der Waals surface area contributed by atoms with Gasteiger partial charge in [-0.25, -0.2) is 4.79 Å². The Morgan fingerprint density at radius 1 is 1.21 bits per heavy atom. The van der Waals surface area contributed by atoms with Crippen LogP contribution in [0.2, 0.25) is 0 Å². The predicted molar refractivity (Wildman–Crippen MR) is 88.6 cm³/mol. The lowest BCUT2D eigenvalue weighted by atomic mass is 9.86. The lowest BCUT2D eigenvalue weighted by Gasteiger charge is -2.44. The summed E-state index contributed by atoms with van der Waals surface area (Å²) in [5.74, 6) is -0.406. The summed E-state index contributed by atoms with van der Waals surface area (Å²) in [6.07, 6.45) is 1.99. The highest BCUT2D eigenvalue weighted by atomic mass is 16.4. The first kappa shape index (κ1) is 15.9. The average Bonchev–Trinajstić information content (AvgIpc) is 2.63. The standard InChI is InChI=1S/C17H18N4O3/c22-15(20-14-6-2-1-3-7-14)17(13-5-4-8-18-11-13)12-19-9-10-21(17)16(23)24/h1-8,11,19H,9-10,12H2,(H,20,22)(H,23,24). The Kier molecular flexibility index (Phi) is 4.43. The zero-order chi connectivity index (χ0) is 17.0. The zero-order valence-electron chi connectivity index (χ0n) is 13.0. The van der Waals surface area contributed by atoms with Gasteiger partial charge in [0.2, 0.25) is 0 Å². The highest BCUT2D eigenvalue weighted by Gasteiger charge is 2.50. The van der Waals surface area contributed by atoms with Crippen molar-refractivity contribution in [1.29, 1.82) is 0 Å². The molecule has 124 valence electrons. The van der Waals surface area contributed by atoms with Crippen LogP contribution in [0, 0.1) is 0 Å². The maximum Gasteiger partial charge on any atom is 0.408 e. The largest absolute Gasteiger partial charge is 0.465 e. The maximum absolute atomic E-state index is 13.1. The smallest absolute Gasteiger partial charge is 0.408 e. The molecule has 7 nitrogen and oxygen atoms in total. The van der Waals surface area contributed by atoms with Crippen LogP contribution in [0.1, 0.15) is 5.56 Å². The molecule has 7 heteroatoms. The number of hydrogen-bond acceptors (Lipinski definition) is 4. The van der Waals surface area contributed by atoms with Gasteiger partial charge >= 0.3 is 6.09 Å². The number of rotatable bonds is 3. The molecule has 24 heavy (non-hydrogen) atoms. The van der Waals surface area contributed by atoms with Crippen LogP contribution in [0.4, 0.5) is 10.5 Å². The molecule has 0 saturated carbocycles. The average molecular weight is 326 g/mol. The van der Waals surface area contributed by atoms with Gasteiger partial charge < -0.3 is 15.7 Å². The Balaban J connectivity index is 2.04. The summed E-state index contributed by atoms with van der Waals surface area (Å²) in [4.78, 5) is 30.2. The summed E-state index contributed by atoms with van der Waals surface area (Å²) in [6, 6.07) is 12.4. The summed E-state index contributed by atoms with van der Waals surface area (Å²) in [5.41, 5.74) is -0.219. The lowest BCUT2D eigenvalue weighted by Crippen LogP contribution is -2.65. The van der Waals surface area contributed by atoms with Crippen molar-refractivity contribution in [2.75, 3.05) is 25.0 Å². The molecular formula is C17H18N4O3. The number of nitrogens with one attached hydrogen (secondary N) is 2. The number of para-hydroxylation sites is 1. The molecule has 1 aromatic carbocycles. The molecule has 2 amide bonds. The molecule has 3 rings (SSSR count). The van der Waals surface area contributed by atoms with Crippen molar-refractivity contribution in [3.63, 3.8) is 0 Å². The minimum Gasteiger partial charge on any atom is -0.465 e. The van der Waals surface area contributed by atoms with Gasteiger partial charge in [0.1, 0.15) is 0 Å². The van der Waals surface area contributed by atoms with E-state index in [1.165, 1.54) is 11.1 Å². The molecule has 1 saturated heterocycles. The summed E-state index contributed by atoms with van der Waals surface area (Å²) in [7, 11) is 0. The van der Waals surface area contributed by atoms with Crippen LogP contribution in [0.3, 0.4) is 0 Å². The Labute approximate surface area is 139 Å². The van der Waals surface area contributed by atoms with Gasteiger partial charge in [-0.05, 0) is 18.2 Å². The summed E-state index contributed by atoms with van der Waals surface area (Å²) >= 11 is 0. The van der Waals surface area contributed by atoms with Gasteiger partial charge in [0.05, 0.1) is 0 Å². The third kappa shape index (κ3) is 2.81. The number of pyridine rings is 1. The van der Waals surface area contributed by atoms with Crippen LogP contribution in [0.15, 0.2) is 54.9 Å². The van der Waals surface area contributed by atoms with Crippen molar-refractivity contribution in [2.24, 2.45) is 0 Å². The van der Waals surface area contributed by atoms with Gasteiger partial charge in [-0.3, -0.25) is 14.7 Å². The molecule has 1 aliphatic rings. The van der Waals surface area contributed by atoms with E-state index in [1.54, 1.807) is 42.6 Å². The van der Waals surface area contributed by atoms with E-state index in [4.69, 9.17) is 0 Å². The van der Waals surface area contributed by atoms with Gasteiger partial charge in [0, 0.05) is 43.3 Å². The van der Waals surface area contributed by atoms with Crippen molar-refractivity contribution < 1.29 is 14.7 Å². The number of carbonyl (C=O) groups is 2. The van der Waals surface area contributed by atoms with Crippen LogP contribution < -0.4 is 10.6 Å². The monoisotopic (exact) mass is 326 g/mol. The number of aromatic nitrogens is 1. The fraction of sp³-hybridized carbons (Fsp3) is 0.235. The fourth-order valence-electron chi connectivity index (χ4n) is 2.96. The van der Waals surface area contributed by atoms with Crippen molar-refractivity contribution in [3.05, 3.63) is 60.4 Å². The molecule has 2 heterocycles. The van der Waals surface area contributed by atoms with Crippen molar-refractivity contribution in [2.45, 2.75) is 5.54 Å². The Hall–Kier alpha value is -2.93. The number of carbonyl (C=O) groups excluding carboxylic acids is 1. The second kappa shape index (κ2) is 6.67. The van der Waals surface area contributed by atoms with E-state index in [9.17, 15) is 14.7 Å². The SMILES string of the molecule is O=C(O)N1CCNCC1(C(=O)Nc1ccccc1)c1cccnc1. The van der Waals surface area contributed by atoms with Gasteiger partial charge in [0.25, 0.3) is 5.91 Å². The normalized spacial score (nSPS) is 20.4. The van der Waals surface area contributed by atoms with Crippen molar-refractivity contribution >= 4 is 17.7 Å². The molecule has 1 atom stereocenters. The number of carboxylic acid groups (broad SMARTS) is 1. The van der Waals surface area contributed by atoms with Crippen molar-refractivity contribution in [1.82, 2.24) is 15.2 Å². The molecule has 1 aliphatic heterocycles. The molecule has 1 fully saturated rings. The molecule has 1 aromatic heterocycles. The molecule has 1 unspecified atom stereocenters. The topological polar surface area (TPSA) is 94.6 Å². The van der Waals surface area contributed by atoms with Crippen LogP contribution >= 0.6 is 0 Å². The minimum absolute atomic E-state index is 0.184. The van der Waals surface area contributed by atoms with Crippen LogP contribution in [-0.2, 0) is 10.3 Å². The first-order valence-corrected chi connectivity index (χ1v) is 7.63. The fourth-order valence-corrected chi connectivity index (χ4v) is 2.96. The summed E-state index contributed by atoms with van der Waals surface area (Å²) in [6.45, 7) is 0.892. The molecule has 2 aromatic rings. The second-order valence-electron chi connectivity index (χ2n) is 5.53. The van der Waals surface area contributed by atoms with Crippen LogP contribution in [-0.4, -0.2) is 46.6 Å². The highest BCUT2D eigenvalue weighted by Crippen LogP contribution is 2.31. The summed E-state index contributed by atoms with van der Waals surface area (Å²) in [5, 5.41) is 15.6. The highest BCUT2D eigenvalue weighted by molar-refractivity contribution is 6.01. The molecule has 0 spiro atoms. The predicted octanol–water partition coefficient (Wildman–Crippen LogP) is 1.50. The quantitative estimate of drug-likeness (QED) is 0.794. The molecule has 0 radical (unpaired) electrons. The Bertz CT molecular complexity index is 723. The number of piperazine rings is 1. The van der Waals surface area contributed by atoms with E-state index in [2.05, 4.69) is 15.6 Å². The van der Waals surface area contributed by atoms with Gasteiger partial charge in [-0.1, -0.05) is 24.3 Å². The van der Waals surface area contributed by atoms with Gasteiger partial charge in [0.15, 0.2) is 5.54 Å². The first-order chi connectivity index (χ1) is 11.6.